The first kappa shape index (κ1) is 21.2. The molecule has 0 radical (unpaired) electrons. The van der Waals surface area contributed by atoms with Gasteiger partial charge in [-0.1, -0.05) is 13.8 Å². The van der Waals surface area contributed by atoms with Gasteiger partial charge in [-0.05, 0) is 25.7 Å². The SMILES string of the molecule is CC(C)c1nc(S(=O)(=O)NC2CCC(n3nc4c(cc3=O)COCC4)CC2)cn1C. The molecule has 0 spiro atoms. The van der Waals surface area contributed by atoms with Crippen LogP contribution in [0.4, 0.5) is 0 Å². The Hall–Kier alpha value is -2.04. The number of ether oxygens (including phenoxy) is 1. The molecule has 1 fully saturated rings. The Bertz CT molecular complexity index is 1080. The number of sulfonamides is 1. The highest BCUT2D eigenvalue weighted by Crippen LogP contribution is 2.28. The molecule has 3 heterocycles. The second kappa shape index (κ2) is 8.24. The number of aryl methyl sites for hydroxylation is 1. The van der Waals surface area contributed by atoms with Crippen molar-refractivity contribution in [1.29, 1.82) is 0 Å². The molecule has 2 aliphatic rings. The Morgan fingerprint density at radius 2 is 1.97 bits per heavy atom. The van der Waals surface area contributed by atoms with E-state index in [4.69, 9.17) is 4.74 Å². The molecule has 1 N–H and O–H groups in total. The Labute approximate surface area is 176 Å². The van der Waals surface area contributed by atoms with E-state index in [-0.39, 0.29) is 28.6 Å². The van der Waals surface area contributed by atoms with Gasteiger partial charge in [0, 0.05) is 43.3 Å². The summed E-state index contributed by atoms with van der Waals surface area (Å²) in [6.45, 7) is 5.03. The van der Waals surface area contributed by atoms with E-state index in [1.54, 1.807) is 21.5 Å². The summed E-state index contributed by atoms with van der Waals surface area (Å²) in [4.78, 5) is 16.8. The van der Waals surface area contributed by atoms with Crippen LogP contribution in [0.5, 0.6) is 0 Å². The van der Waals surface area contributed by atoms with Crippen molar-refractivity contribution >= 4 is 10.0 Å². The quantitative estimate of drug-likeness (QED) is 0.765. The summed E-state index contributed by atoms with van der Waals surface area (Å²) in [6.07, 6.45) is 4.99. The normalized spacial score (nSPS) is 22.3. The number of nitrogens with zero attached hydrogens (tertiary/aromatic N) is 4. The third-order valence-corrected chi connectivity index (χ3v) is 7.30. The van der Waals surface area contributed by atoms with E-state index in [0.717, 1.165) is 17.1 Å². The Morgan fingerprint density at radius 1 is 1.23 bits per heavy atom. The number of fused-ring (bicyclic) bond motifs is 1. The molecule has 0 unspecified atom stereocenters. The summed E-state index contributed by atoms with van der Waals surface area (Å²) >= 11 is 0. The molecule has 30 heavy (non-hydrogen) atoms. The summed E-state index contributed by atoms with van der Waals surface area (Å²) in [6, 6.07) is 1.45. The Balaban J connectivity index is 1.43. The highest BCUT2D eigenvalue weighted by atomic mass is 32.2. The predicted molar refractivity (Wildman–Crippen MR) is 111 cm³/mol. The zero-order chi connectivity index (χ0) is 21.5. The second-order valence-corrected chi connectivity index (χ2v) is 10.2. The molecular weight excluding hydrogens is 406 g/mol. The smallest absolute Gasteiger partial charge is 0.267 e. The minimum absolute atomic E-state index is 0.00575. The fourth-order valence-corrected chi connectivity index (χ4v) is 5.63. The maximum absolute atomic E-state index is 12.8. The van der Waals surface area contributed by atoms with Gasteiger partial charge in [0.25, 0.3) is 15.6 Å². The van der Waals surface area contributed by atoms with Gasteiger partial charge in [0.05, 0.1) is 24.9 Å². The van der Waals surface area contributed by atoms with E-state index in [0.29, 0.717) is 45.3 Å². The van der Waals surface area contributed by atoms with E-state index in [2.05, 4.69) is 14.8 Å². The lowest BCUT2D eigenvalue weighted by Gasteiger charge is -2.30. The molecule has 4 rings (SSSR count). The third-order valence-electron chi connectivity index (χ3n) is 5.91. The molecule has 164 valence electrons. The van der Waals surface area contributed by atoms with Crippen molar-refractivity contribution in [2.75, 3.05) is 6.61 Å². The van der Waals surface area contributed by atoms with Gasteiger partial charge in [0.2, 0.25) is 0 Å². The topological polar surface area (TPSA) is 108 Å². The van der Waals surface area contributed by atoms with Gasteiger partial charge in [0.1, 0.15) is 5.82 Å². The minimum atomic E-state index is -3.68. The number of aromatic nitrogens is 4. The molecule has 0 bridgehead atoms. The summed E-state index contributed by atoms with van der Waals surface area (Å²) in [5.74, 6) is 0.880. The van der Waals surface area contributed by atoms with Crippen LogP contribution >= 0.6 is 0 Å². The summed E-state index contributed by atoms with van der Waals surface area (Å²) in [7, 11) is -1.87. The summed E-state index contributed by atoms with van der Waals surface area (Å²) in [5.41, 5.74) is 1.69. The average Bonchev–Trinajstić information content (AvgIpc) is 3.11. The lowest BCUT2D eigenvalue weighted by molar-refractivity contribution is 0.107. The van der Waals surface area contributed by atoms with Gasteiger partial charge in [-0.25, -0.2) is 22.8 Å². The van der Waals surface area contributed by atoms with Crippen molar-refractivity contribution in [3.05, 3.63) is 39.7 Å². The fourth-order valence-electron chi connectivity index (χ4n) is 4.33. The van der Waals surface area contributed by atoms with Gasteiger partial charge in [-0.3, -0.25) is 4.79 Å². The number of hydrogen-bond acceptors (Lipinski definition) is 6. The van der Waals surface area contributed by atoms with Gasteiger partial charge in [-0.15, -0.1) is 0 Å². The number of nitrogens with one attached hydrogen (secondary N) is 1. The summed E-state index contributed by atoms with van der Waals surface area (Å²) in [5, 5.41) is 4.65. The number of imidazole rings is 1. The molecule has 10 heteroatoms. The largest absolute Gasteiger partial charge is 0.376 e. The molecule has 1 aliphatic carbocycles. The fraction of sp³-hybridized carbons (Fsp3) is 0.650. The van der Waals surface area contributed by atoms with Crippen molar-refractivity contribution in [2.45, 2.75) is 75.6 Å². The van der Waals surface area contributed by atoms with E-state index >= 15 is 0 Å². The summed E-state index contributed by atoms with van der Waals surface area (Å²) < 4.78 is 37.1. The lowest BCUT2D eigenvalue weighted by atomic mass is 9.92. The van der Waals surface area contributed by atoms with Crippen molar-refractivity contribution in [3.8, 4) is 0 Å². The van der Waals surface area contributed by atoms with Crippen LogP contribution in [-0.4, -0.2) is 40.4 Å². The first-order valence-corrected chi connectivity index (χ1v) is 12.0. The molecule has 0 aromatic carbocycles. The van der Waals surface area contributed by atoms with Crippen LogP contribution in [0.1, 0.15) is 68.6 Å². The first-order valence-electron chi connectivity index (χ1n) is 10.5. The molecule has 2 aromatic heterocycles. The van der Waals surface area contributed by atoms with E-state index in [1.807, 2.05) is 20.9 Å². The minimum Gasteiger partial charge on any atom is -0.376 e. The molecule has 1 aliphatic heterocycles. The molecule has 0 saturated heterocycles. The van der Waals surface area contributed by atoms with Gasteiger partial charge in [-0.2, -0.15) is 5.10 Å². The van der Waals surface area contributed by atoms with Crippen LogP contribution < -0.4 is 10.3 Å². The van der Waals surface area contributed by atoms with Gasteiger partial charge in [0.15, 0.2) is 5.03 Å². The van der Waals surface area contributed by atoms with Crippen LogP contribution in [-0.2, 0) is 34.8 Å². The van der Waals surface area contributed by atoms with Crippen molar-refractivity contribution in [3.63, 3.8) is 0 Å². The monoisotopic (exact) mass is 435 g/mol. The molecule has 1 saturated carbocycles. The van der Waals surface area contributed by atoms with Crippen LogP contribution in [0.15, 0.2) is 22.1 Å². The van der Waals surface area contributed by atoms with Crippen molar-refractivity contribution < 1.29 is 13.2 Å². The molecule has 2 aromatic rings. The van der Waals surface area contributed by atoms with E-state index in [1.165, 1.54) is 0 Å². The standard InChI is InChI=1S/C20H29N5O4S/c1-13(2)20-21-18(11-24(20)3)30(27,28)23-15-4-6-16(7-5-15)25-19(26)10-14-12-29-9-8-17(14)22-25/h10-11,13,15-16,23H,4-9,12H2,1-3H3. The third kappa shape index (κ3) is 4.21. The maximum atomic E-state index is 12.8. The maximum Gasteiger partial charge on any atom is 0.267 e. The molecule has 0 atom stereocenters. The van der Waals surface area contributed by atoms with Crippen LogP contribution in [0.3, 0.4) is 0 Å². The van der Waals surface area contributed by atoms with Crippen molar-refractivity contribution in [1.82, 2.24) is 24.1 Å². The van der Waals surface area contributed by atoms with E-state index in [9.17, 15) is 13.2 Å². The highest BCUT2D eigenvalue weighted by molar-refractivity contribution is 7.89. The zero-order valence-corrected chi connectivity index (χ0v) is 18.5. The molecular formula is C20H29N5O4S. The number of rotatable bonds is 5. The Kier molecular flexibility index (Phi) is 5.82. The van der Waals surface area contributed by atoms with Crippen LogP contribution in [0, 0.1) is 0 Å². The second-order valence-electron chi connectivity index (χ2n) is 8.53. The van der Waals surface area contributed by atoms with Crippen molar-refractivity contribution in [2.24, 2.45) is 7.05 Å². The predicted octanol–water partition coefficient (Wildman–Crippen LogP) is 1.64. The average molecular weight is 436 g/mol. The van der Waals surface area contributed by atoms with E-state index < -0.39 is 10.0 Å². The highest BCUT2D eigenvalue weighted by Gasteiger charge is 2.29. The van der Waals surface area contributed by atoms with Gasteiger partial charge < -0.3 is 9.30 Å². The van der Waals surface area contributed by atoms with Crippen LogP contribution in [0.25, 0.3) is 0 Å². The lowest BCUT2D eigenvalue weighted by Crippen LogP contribution is -2.40. The number of hydrogen-bond donors (Lipinski definition) is 1. The molecule has 0 amide bonds. The molecule has 9 nitrogen and oxygen atoms in total. The first-order chi connectivity index (χ1) is 14.2. The van der Waals surface area contributed by atoms with Crippen LogP contribution in [0.2, 0.25) is 0 Å². The van der Waals surface area contributed by atoms with Gasteiger partial charge >= 0.3 is 0 Å². The Morgan fingerprint density at radius 3 is 2.63 bits per heavy atom. The zero-order valence-electron chi connectivity index (χ0n) is 17.7.